The van der Waals surface area contributed by atoms with Crippen LogP contribution in [0.25, 0.3) is 0 Å². The Hall–Kier alpha value is -1.30. The lowest BCUT2D eigenvalue weighted by Gasteiger charge is -2.29. The van der Waals surface area contributed by atoms with E-state index in [1.807, 2.05) is 0 Å². The van der Waals surface area contributed by atoms with Crippen LogP contribution < -0.4 is 10.6 Å². The minimum atomic E-state index is -0.934. The molecule has 1 aliphatic rings. The van der Waals surface area contributed by atoms with Gasteiger partial charge in [-0.15, -0.1) is 0 Å². The monoisotopic (exact) mass is 272 g/mol. The van der Waals surface area contributed by atoms with E-state index in [4.69, 9.17) is 5.11 Å². The third-order valence-electron chi connectivity index (χ3n) is 3.70. The molecule has 6 nitrogen and oxygen atoms in total. The number of aliphatic carboxylic acids is 1. The summed E-state index contributed by atoms with van der Waals surface area (Å²) in [6, 6.07) is -0.365. The molecule has 6 heteroatoms. The number of rotatable bonds is 7. The molecule has 1 atom stereocenters. The first-order chi connectivity index (χ1) is 9.13. The number of carboxylic acid groups (broad SMARTS) is 1. The van der Waals surface area contributed by atoms with Gasteiger partial charge < -0.3 is 20.8 Å². The van der Waals surface area contributed by atoms with E-state index in [0.29, 0.717) is 12.5 Å². The molecule has 110 valence electrons. The third-order valence-corrected chi connectivity index (χ3v) is 3.70. The SMILES string of the molecule is O=C(O)CCNC(=O)NCC(CO)C1CCCCC1. The number of aliphatic hydroxyl groups excluding tert-OH is 1. The van der Waals surface area contributed by atoms with Crippen LogP contribution in [-0.4, -0.2) is 41.9 Å². The molecule has 1 rings (SSSR count). The number of urea groups is 1. The van der Waals surface area contributed by atoms with Crippen molar-refractivity contribution in [3.63, 3.8) is 0 Å². The predicted octanol–water partition coefficient (Wildman–Crippen LogP) is 0.949. The van der Waals surface area contributed by atoms with Gasteiger partial charge >= 0.3 is 12.0 Å². The molecule has 19 heavy (non-hydrogen) atoms. The van der Waals surface area contributed by atoms with Crippen LogP contribution in [0.3, 0.4) is 0 Å². The minimum absolute atomic E-state index is 0.0834. The zero-order chi connectivity index (χ0) is 14.1. The van der Waals surface area contributed by atoms with Crippen molar-refractivity contribution in [2.45, 2.75) is 38.5 Å². The van der Waals surface area contributed by atoms with E-state index in [2.05, 4.69) is 10.6 Å². The summed E-state index contributed by atoms with van der Waals surface area (Å²) in [5.74, 6) is -0.348. The average molecular weight is 272 g/mol. The van der Waals surface area contributed by atoms with E-state index in [-0.39, 0.29) is 31.5 Å². The first kappa shape index (κ1) is 15.8. The summed E-state index contributed by atoms with van der Waals surface area (Å²) in [6.07, 6.45) is 5.82. The van der Waals surface area contributed by atoms with Crippen LogP contribution >= 0.6 is 0 Å². The lowest BCUT2D eigenvalue weighted by atomic mass is 9.80. The maximum atomic E-state index is 11.4. The Morgan fingerprint density at radius 2 is 1.84 bits per heavy atom. The Morgan fingerprint density at radius 3 is 2.42 bits per heavy atom. The molecule has 1 unspecified atom stereocenters. The molecular weight excluding hydrogens is 248 g/mol. The molecule has 0 aromatic rings. The summed E-state index contributed by atoms with van der Waals surface area (Å²) in [5, 5.41) is 23.0. The van der Waals surface area contributed by atoms with Gasteiger partial charge in [0.1, 0.15) is 0 Å². The van der Waals surface area contributed by atoms with Crippen molar-refractivity contribution in [1.29, 1.82) is 0 Å². The van der Waals surface area contributed by atoms with Gasteiger partial charge in [-0.05, 0) is 5.92 Å². The minimum Gasteiger partial charge on any atom is -0.481 e. The van der Waals surface area contributed by atoms with Crippen molar-refractivity contribution in [3.05, 3.63) is 0 Å². The van der Waals surface area contributed by atoms with Crippen molar-refractivity contribution in [2.24, 2.45) is 11.8 Å². The molecule has 0 bridgehead atoms. The van der Waals surface area contributed by atoms with Crippen LogP contribution in [0.2, 0.25) is 0 Å². The van der Waals surface area contributed by atoms with Gasteiger partial charge in [-0.2, -0.15) is 0 Å². The Balaban J connectivity index is 2.20. The van der Waals surface area contributed by atoms with Crippen molar-refractivity contribution >= 4 is 12.0 Å². The van der Waals surface area contributed by atoms with Crippen LogP contribution in [-0.2, 0) is 4.79 Å². The van der Waals surface area contributed by atoms with E-state index in [9.17, 15) is 14.7 Å². The second-order valence-electron chi connectivity index (χ2n) is 5.12. The number of aliphatic hydroxyl groups is 1. The van der Waals surface area contributed by atoms with Crippen molar-refractivity contribution in [1.82, 2.24) is 10.6 Å². The standard InChI is InChI=1S/C13H24N2O4/c16-9-11(10-4-2-1-3-5-10)8-15-13(19)14-7-6-12(17)18/h10-11,16H,1-9H2,(H,17,18)(H2,14,15,19). The fourth-order valence-electron chi connectivity index (χ4n) is 2.56. The van der Waals surface area contributed by atoms with Gasteiger partial charge in [-0.3, -0.25) is 4.79 Å². The van der Waals surface area contributed by atoms with Gasteiger partial charge in [0, 0.05) is 25.6 Å². The van der Waals surface area contributed by atoms with Crippen LogP contribution in [0.5, 0.6) is 0 Å². The van der Waals surface area contributed by atoms with E-state index in [1.165, 1.54) is 19.3 Å². The maximum absolute atomic E-state index is 11.4. The third kappa shape index (κ3) is 6.42. The van der Waals surface area contributed by atoms with Gasteiger partial charge in [0.2, 0.25) is 0 Å². The van der Waals surface area contributed by atoms with E-state index < -0.39 is 5.97 Å². The Labute approximate surface area is 113 Å². The molecule has 1 fully saturated rings. The molecular formula is C13H24N2O4. The number of hydrogen-bond acceptors (Lipinski definition) is 3. The fraction of sp³-hybridized carbons (Fsp3) is 0.846. The Bertz CT molecular complexity index is 290. The summed E-state index contributed by atoms with van der Waals surface area (Å²) >= 11 is 0. The smallest absolute Gasteiger partial charge is 0.314 e. The summed E-state index contributed by atoms with van der Waals surface area (Å²) < 4.78 is 0. The zero-order valence-electron chi connectivity index (χ0n) is 11.2. The number of carbonyl (C=O) groups is 2. The Morgan fingerprint density at radius 1 is 1.16 bits per heavy atom. The quantitative estimate of drug-likeness (QED) is 0.554. The second-order valence-corrected chi connectivity index (χ2v) is 5.12. The molecule has 1 saturated carbocycles. The molecule has 0 aliphatic heterocycles. The number of amides is 2. The molecule has 0 radical (unpaired) electrons. The highest BCUT2D eigenvalue weighted by atomic mass is 16.4. The lowest BCUT2D eigenvalue weighted by Crippen LogP contribution is -2.41. The molecule has 0 saturated heterocycles. The van der Waals surface area contributed by atoms with Gasteiger partial charge in [-0.1, -0.05) is 32.1 Å². The number of nitrogens with one attached hydrogen (secondary N) is 2. The Kier molecular flexibility index (Phi) is 7.25. The second kappa shape index (κ2) is 8.74. The molecule has 2 amide bonds. The average Bonchev–Trinajstić information content (AvgIpc) is 2.40. The summed E-state index contributed by atoms with van der Waals surface area (Å²) in [7, 11) is 0. The number of carboxylic acids is 1. The maximum Gasteiger partial charge on any atom is 0.314 e. The van der Waals surface area contributed by atoms with Gasteiger partial charge in [0.15, 0.2) is 0 Å². The highest BCUT2D eigenvalue weighted by molar-refractivity contribution is 5.74. The highest BCUT2D eigenvalue weighted by Gasteiger charge is 2.23. The van der Waals surface area contributed by atoms with Crippen LogP contribution in [0.4, 0.5) is 4.79 Å². The fourth-order valence-corrected chi connectivity index (χ4v) is 2.56. The summed E-state index contributed by atoms with van der Waals surface area (Å²) in [4.78, 5) is 21.7. The van der Waals surface area contributed by atoms with Crippen LogP contribution in [0.1, 0.15) is 38.5 Å². The zero-order valence-corrected chi connectivity index (χ0v) is 11.2. The van der Waals surface area contributed by atoms with E-state index in [0.717, 1.165) is 12.8 Å². The van der Waals surface area contributed by atoms with Gasteiger partial charge in [-0.25, -0.2) is 4.79 Å². The highest BCUT2D eigenvalue weighted by Crippen LogP contribution is 2.29. The van der Waals surface area contributed by atoms with Crippen LogP contribution in [0.15, 0.2) is 0 Å². The molecule has 4 N–H and O–H groups in total. The van der Waals surface area contributed by atoms with E-state index in [1.54, 1.807) is 0 Å². The first-order valence-corrected chi connectivity index (χ1v) is 6.98. The van der Waals surface area contributed by atoms with Gasteiger partial charge in [0.05, 0.1) is 6.42 Å². The van der Waals surface area contributed by atoms with Gasteiger partial charge in [0.25, 0.3) is 0 Å². The van der Waals surface area contributed by atoms with Crippen molar-refractivity contribution < 1.29 is 19.8 Å². The lowest BCUT2D eigenvalue weighted by molar-refractivity contribution is -0.136. The van der Waals surface area contributed by atoms with Crippen molar-refractivity contribution in [3.8, 4) is 0 Å². The molecule has 0 heterocycles. The molecule has 0 aromatic heterocycles. The summed E-state index contributed by atoms with van der Waals surface area (Å²) in [6.45, 7) is 0.647. The van der Waals surface area contributed by atoms with E-state index >= 15 is 0 Å². The first-order valence-electron chi connectivity index (χ1n) is 6.98. The van der Waals surface area contributed by atoms with Crippen LogP contribution in [0, 0.1) is 11.8 Å². The molecule has 0 aromatic carbocycles. The largest absolute Gasteiger partial charge is 0.481 e. The van der Waals surface area contributed by atoms with Crippen molar-refractivity contribution in [2.75, 3.05) is 19.7 Å². The normalized spacial score (nSPS) is 17.7. The topological polar surface area (TPSA) is 98.7 Å². The number of carbonyl (C=O) groups excluding carboxylic acids is 1. The molecule has 0 spiro atoms. The molecule has 1 aliphatic carbocycles. The number of hydrogen-bond donors (Lipinski definition) is 4. The summed E-state index contributed by atoms with van der Waals surface area (Å²) in [5.41, 5.74) is 0. The predicted molar refractivity (Wildman–Crippen MR) is 70.8 cm³/mol.